The Balaban J connectivity index is 1.40. The standard InChI is InChI=1S/C19H18N4O5/c24-17(13-27-12-14-4-2-1-3-5-14)20-11-10-18-21-19(22-28-18)15-6-8-16(9-7-15)23(25)26/h1-9H,10-13H2,(H,20,24). The quantitative estimate of drug-likeness (QED) is 0.446. The monoisotopic (exact) mass is 382 g/mol. The van der Waals surface area contributed by atoms with Gasteiger partial charge in [0.05, 0.1) is 11.5 Å². The number of rotatable bonds is 9. The number of carbonyl (C=O) groups excluding carboxylic acids is 1. The summed E-state index contributed by atoms with van der Waals surface area (Å²) in [5, 5.41) is 17.2. The lowest BCUT2D eigenvalue weighted by molar-refractivity contribution is -0.384. The van der Waals surface area contributed by atoms with Gasteiger partial charge in [-0.15, -0.1) is 0 Å². The maximum absolute atomic E-state index is 11.8. The van der Waals surface area contributed by atoms with Gasteiger partial charge in [-0.25, -0.2) is 0 Å². The van der Waals surface area contributed by atoms with E-state index in [-0.39, 0.29) is 18.2 Å². The zero-order chi connectivity index (χ0) is 19.8. The Morgan fingerprint density at radius 1 is 1.14 bits per heavy atom. The van der Waals surface area contributed by atoms with E-state index < -0.39 is 4.92 Å². The molecule has 0 saturated carbocycles. The maximum Gasteiger partial charge on any atom is 0.269 e. The fourth-order valence-corrected chi connectivity index (χ4v) is 2.40. The number of hydrogen-bond donors (Lipinski definition) is 1. The molecule has 9 nitrogen and oxygen atoms in total. The van der Waals surface area contributed by atoms with Crippen molar-refractivity contribution in [2.75, 3.05) is 13.2 Å². The molecule has 0 atom stereocenters. The van der Waals surface area contributed by atoms with Crippen molar-refractivity contribution in [2.24, 2.45) is 0 Å². The minimum Gasteiger partial charge on any atom is -0.367 e. The second kappa shape index (κ2) is 9.38. The van der Waals surface area contributed by atoms with E-state index in [1.807, 2.05) is 30.3 Å². The summed E-state index contributed by atoms with van der Waals surface area (Å²) in [5.41, 5.74) is 1.60. The van der Waals surface area contributed by atoms with Crippen molar-refractivity contribution >= 4 is 11.6 Å². The SMILES string of the molecule is O=C(COCc1ccccc1)NCCc1nc(-c2ccc([N+](=O)[O-])cc2)no1. The number of nitrogens with zero attached hydrogens (tertiary/aromatic N) is 3. The molecule has 1 aromatic heterocycles. The van der Waals surface area contributed by atoms with Crippen molar-refractivity contribution in [3.8, 4) is 11.4 Å². The summed E-state index contributed by atoms with van der Waals surface area (Å²) in [7, 11) is 0. The van der Waals surface area contributed by atoms with Gasteiger partial charge in [0.1, 0.15) is 6.61 Å². The van der Waals surface area contributed by atoms with Crippen LogP contribution in [0.15, 0.2) is 59.1 Å². The van der Waals surface area contributed by atoms with Crippen LogP contribution in [0.25, 0.3) is 11.4 Å². The number of aromatic nitrogens is 2. The van der Waals surface area contributed by atoms with Gasteiger partial charge in [-0.1, -0.05) is 35.5 Å². The first kappa shape index (κ1) is 19.2. The number of amides is 1. The van der Waals surface area contributed by atoms with Crippen LogP contribution in [0.2, 0.25) is 0 Å². The first-order valence-electron chi connectivity index (χ1n) is 8.57. The van der Waals surface area contributed by atoms with Gasteiger partial charge < -0.3 is 14.6 Å². The Morgan fingerprint density at radius 2 is 1.89 bits per heavy atom. The van der Waals surface area contributed by atoms with Gasteiger partial charge in [0, 0.05) is 30.7 Å². The number of nitro groups is 1. The molecule has 3 rings (SSSR count). The molecular formula is C19H18N4O5. The molecule has 0 radical (unpaired) electrons. The number of nitrogens with one attached hydrogen (secondary N) is 1. The van der Waals surface area contributed by atoms with Crippen LogP contribution in [0.3, 0.4) is 0 Å². The number of non-ortho nitro benzene ring substituents is 1. The zero-order valence-electron chi connectivity index (χ0n) is 14.9. The van der Waals surface area contributed by atoms with Crippen molar-refractivity contribution in [2.45, 2.75) is 13.0 Å². The molecule has 0 aliphatic rings. The average molecular weight is 382 g/mol. The van der Waals surface area contributed by atoms with Crippen LogP contribution < -0.4 is 5.32 Å². The molecule has 1 N–H and O–H groups in total. The van der Waals surface area contributed by atoms with Crippen LogP contribution in [0, 0.1) is 10.1 Å². The topological polar surface area (TPSA) is 120 Å². The van der Waals surface area contributed by atoms with Gasteiger partial charge in [0.15, 0.2) is 0 Å². The van der Waals surface area contributed by atoms with Gasteiger partial charge in [0.2, 0.25) is 17.6 Å². The van der Waals surface area contributed by atoms with E-state index in [4.69, 9.17) is 9.26 Å². The Morgan fingerprint density at radius 3 is 2.61 bits per heavy atom. The van der Waals surface area contributed by atoms with Crippen LogP contribution in [0.4, 0.5) is 5.69 Å². The van der Waals surface area contributed by atoms with Gasteiger partial charge in [-0.2, -0.15) is 4.98 Å². The third-order valence-electron chi connectivity index (χ3n) is 3.81. The maximum atomic E-state index is 11.8. The molecule has 0 fully saturated rings. The Kier molecular flexibility index (Phi) is 6.42. The number of benzene rings is 2. The lowest BCUT2D eigenvalue weighted by atomic mass is 10.2. The highest BCUT2D eigenvalue weighted by atomic mass is 16.6. The Labute approximate surface area is 160 Å². The molecule has 28 heavy (non-hydrogen) atoms. The van der Waals surface area contributed by atoms with Crippen molar-refractivity contribution in [3.05, 3.63) is 76.2 Å². The highest BCUT2D eigenvalue weighted by molar-refractivity contribution is 5.77. The van der Waals surface area contributed by atoms with Crippen LogP contribution in [-0.2, 0) is 22.6 Å². The molecule has 2 aromatic carbocycles. The van der Waals surface area contributed by atoms with Crippen LogP contribution in [-0.4, -0.2) is 34.1 Å². The second-order valence-corrected chi connectivity index (χ2v) is 5.89. The van der Waals surface area contributed by atoms with E-state index in [1.54, 1.807) is 12.1 Å². The van der Waals surface area contributed by atoms with E-state index >= 15 is 0 Å². The minimum atomic E-state index is -0.475. The van der Waals surface area contributed by atoms with Crippen molar-refractivity contribution in [3.63, 3.8) is 0 Å². The molecule has 0 bridgehead atoms. The van der Waals surface area contributed by atoms with Crippen LogP contribution in [0.1, 0.15) is 11.5 Å². The predicted octanol–water partition coefficient (Wildman–Crippen LogP) is 2.52. The van der Waals surface area contributed by atoms with Gasteiger partial charge >= 0.3 is 0 Å². The van der Waals surface area contributed by atoms with E-state index in [9.17, 15) is 14.9 Å². The molecule has 9 heteroatoms. The molecule has 0 unspecified atom stereocenters. The summed E-state index contributed by atoms with van der Waals surface area (Å²) in [6.07, 6.45) is 0.365. The lowest BCUT2D eigenvalue weighted by Crippen LogP contribution is -2.29. The molecule has 1 amide bonds. The summed E-state index contributed by atoms with van der Waals surface area (Å²) < 4.78 is 10.5. The minimum absolute atomic E-state index is 0.00957. The predicted molar refractivity (Wildman–Crippen MR) is 99.2 cm³/mol. The molecule has 3 aromatic rings. The van der Waals surface area contributed by atoms with E-state index in [1.165, 1.54) is 12.1 Å². The highest BCUT2D eigenvalue weighted by Crippen LogP contribution is 2.19. The third-order valence-corrected chi connectivity index (χ3v) is 3.81. The summed E-state index contributed by atoms with van der Waals surface area (Å²) in [5.74, 6) is 0.465. The Hall–Kier alpha value is -3.59. The van der Waals surface area contributed by atoms with E-state index in [2.05, 4.69) is 15.5 Å². The normalized spacial score (nSPS) is 10.6. The summed E-state index contributed by atoms with van der Waals surface area (Å²) in [6.45, 7) is 0.665. The fourth-order valence-electron chi connectivity index (χ4n) is 2.40. The first-order chi connectivity index (χ1) is 13.6. The van der Waals surface area contributed by atoms with Crippen LogP contribution in [0.5, 0.6) is 0 Å². The van der Waals surface area contributed by atoms with Crippen molar-refractivity contribution in [1.29, 1.82) is 0 Å². The molecule has 144 valence electrons. The highest BCUT2D eigenvalue weighted by Gasteiger charge is 2.11. The lowest BCUT2D eigenvalue weighted by Gasteiger charge is -2.05. The molecule has 0 spiro atoms. The smallest absolute Gasteiger partial charge is 0.269 e. The average Bonchev–Trinajstić information content (AvgIpc) is 3.18. The summed E-state index contributed by atoms with van der Waals surface area (Å²) in [6, 6.07) is 15.5. The molecular weight excluding hydrogens is 364 g/mol. The number of carbonyl (C=O) groups is 1. The van der Waals surface area contributed by atoms with Gasteiger partial charge in [-0.05, 0) is 17.7 Å². The number of hydrogen-bond acceptors (Lipinski definition) is 7. The first-order valence-corrected chi connectivity index (χ1v) is 8.57. The zero-order valence-corrected chi connectivity index (χ0v) is 14.9. The van der Waals surface area contributed by atoms with Crippen LogP contribution >= 0.6 is 0 Å². The van der Waals surface area contributed by atoms with Crippen molar-refractivity contribution < 1.29 is 19.0 Å². The Bertz CT molecular complexity index is 925. The fraction of sp³-hybridized carbons (Fsp3) is 0.211. The summed E-state index contributed by atoms with van der Waals surface area (Å²) >= 11 is 0. The van der Waals surface area contributed by atoms with E-state index in [0.717, 1.165) is 5.56 Å². The molecule has 0 aliphatic carbocycles. The molecule has 0 aliphatic heterocycles. The summed E-state index contributed by atoms with van der Waals surface area (Å²) in [4.78, 5) is 26.2. The van der Waals surface area contributed by atoms with Gasteiger partial charge in [-0.3, -0.25) is 14.9 Å². The third kappa shape index (κ3) is 5.45. The molecule has 0 saturated heterocycles. The number of nitro benzene ring substituents is 1. The van der Waals surface area contributed by atoms with E-state index in [0.29, 0.717) is 36.9 Å². The largest absolute Gasteiger partial charge is 0.367 e. The van der Waals surface area contributed by atoms with Gasteiger partial charge in [0.25, 0.3) is 5.69 Å². The second-order valence-electron chi connectivity index (χ2n) is 5.89. The number of ether oxygens (including phenoxy) is 1. The van der Waals surface area contributed by atoms with Crippen molar-refractivity contribution in [1.82, 2.24) is 15.5 Å². The molecule has 1 heterocycles.